The van der Waals surface area contributed by atoms with E-state index < -0.39 is 0 Å². The number of nitrogens with one attached hydrogen (secondary N) is 2. The SMILES string of the molecule is CCC(C)NC(=NCc1ccc([N+](=O)[O-])cc1)NC1CCCC1.I. The average molecular weight is 446 g/mol. The smallest absolute Gasteiger partial charge is 0.269 e. The van der Waals surface area contributed by atoms with E-state index in [0.717, 1.165) is 17.9 Å². The molecule has 1 aromatic carbocycles. The molecule has 6 nitrogen and oxygen atoms in total. The van der Waals surface area contributed by atoms with E-state index in [4.69, 9.17) is 0 Å². The van der Waals surface area contributed by atoms with Gasteiger partial charge in [-0.1, -0.05) is 31.9 Å². The van der Waals surface area contributed by atoms with Crippen LogP contribution in [0.15, 0.2) is 29.3 Å². The van der Waals surface area contributed by atoms with Gasteiger partial charge in [-0.2, -0.15) is 0 Å². The van der Waals surface area contributed by atoms with Gasteiger partial charge in [-0.05, 0) is 31.7 Å². The molecule has 1 aliphatic carbocycles. The molecule has 1 unspecified atom stereocenters. The first-order valence-corrected chi connectivity index (χ1v) is 8.39. The van der Waals surface area contributed by atoms with E-state index in [9.17, 15) is 10.1 Å². The Balaban J connectivity index is 0.00000288. The van der Waals surface area contributed by atoms with Gasteiger partial charge in [-0.15, -0.1) is 24.0 Å². The first kappa shape index (κ1) is 20.7. The van der Waals surface area contributed by atoms with Crippen LogP contribution in [0.25, 0.3) is 0 Å². The zero-order valence-electron chi connectivity index (χ0n) is 14.3. The van der Waals surface area contributed by atoms with Gasteiger partial charge in [0.25, 0.3) is 5.69 Å². The Labute approximate surface area is 160 Å². The molecule has 0 radical (unpaired) electrons. The van der Waals surface area contributed by atoms with Gasteiger partial charge < -0.3 is 10.6 Å². The third-order valence-electron chi connectivity index (χ3n) is 4.26. The quantitative estimate of drug-likeness (QED) is 0.228. The van der Waals surface area contributed by atoms with Crippen LogP contribution in [0, 0.1) is 10.1 Å². The Morgan fingerprint density at radius 3 is 2.50 bits per heavy atom. The predicted molar refractivity (Wildman–Crippen MR) is 108 cm³/mol. The highest BCUT2D eigenvalue weighted by atomic mass is 127. The van der Waals surface area contributed by atoms with Crippen molar-refractivity contribution >= 4 is 35.6 Å². The first-order chi connectivity index (χ1) is 11.1. The van der Waals surface area contributed by atoms with Crippen LogP contribution in [-0.2, 0) is 6.54 Å². The maximum absolute atomic E-state index is 10.7. The summed E-state index contributed by atoms with van der Waals surface area (Å²) in [6.45, 7) is 4.79. The van der Waals surface area contributed by atoms with Gasteiger partial charge in [0.2, 0.25) is 0 Å². The van der Waals surface area contributed by atoms with Gasteiger partial charge >= 0.3 is 0 Å². The molecule has 0 amide bonds. The van der Waals surface area contributed by atoms with Crippen molar-refractivity contribution < 1.29 is 4.92 Å². The second-order valence-corrected chi connectivity index (χ2v) is 6.17. The maximum Gasteiger partial charge on any atom is 0.269 e. The minimum absolute atomic E-state index is 0. The molecule has 1 aliphatic rings. The Bertz CT molecular complexity index is 542. The summed E-state index contributed by atoms with van der Waals surface area (Å²) in [6.07, 6.45) is 5.97. The zero-order chi connectivity index (χ0) is 16.7. The summed E-state index contributed by atoms with van der Waals surface area (Å²) in [6, 6.07) is 7.44. The van der Waals surface area contributed by atoms with Crippen LogP contribution in [0.5, 0.6) is 0 Å². The van der Waals surface area contributed by atoms with Crippen molar-refractivity contribution in [2.24, 2.45) is 4.99 Å². The number of rotatable bonds is 6. The van der Waals surface area contributed by atoms with Crippen LogP contribution in [0.1, 0.15) is 51.5 Å². The third-order valence-corrected chi connectivity index (χ3v) is 4.26. The normalized spacial score (nSPS) is 16.3. The highest BCUT2D eigenvalue weighted by Gasteiger charge is 2.16. The van der Waals surface area contributed by atoms with E-state index in [1.165, 1.54) is 37.8 Å². The van der Waals surface area contributed by atoms with Crippen molar-refractivity contribution in [1.29, 1.82) is 0 Å². The van der Waals surface area contributed by atoms with E-state index in [1.807, 2.05) is 0 Å². The Kier molecular flexibility index (Phi) is 9.02. The summed E-state index contributed by atoms with van der Waals surface area (Å²) in [4.78, 5) is 14.9. The number of halogens is 1. The number of nitro benzene ring substituents is 1. The van der Waals surface area contributed by atoms with Gasteiger partial charge in [0, 0.05) is 24.2 Å². The van der Waals surface area contributed by atoms with Crippen molar-refractivity contribution in [2.75, 3.05) is 0 Å². The number of aliphatic imine (C=N–C) groups is 1. The van der Waals surface area contributed by atoms with E-state index in [1.54, 1.807) is 12.1 Å². The molecule has 0 heterocycles. The van der Waals surface area contributed by atoms with Gasteiger partial charge in [-0.3, -0.25) is 10.1 Å². The maximum atomic E-state index is 10.7. The number of hydrogen-bond donors (Lipinski definition) is 2. The lowest BCUT2D eigenvalue weighted by Gasteiger charge is -2.20. The fourth-order valence-electron chi connectivity index (χ4n) is 2.63. The number of hydrogen-bond acceptors (Lipinski definition) is 3. The van der Waals surface area contributed by atoms with Crippen molar-refractivity contribution in [3.8, 4) is 0 Å². The number of guanidine groups is 1. The fraction of sp³-hybridized carbons (Fsp3) is 0.588. The van der Waals surface area contributed by atoms with Crippen LogP contribution in [0.2, 0.25) is 0 Å². The Hall–Kier alpha value is -1.38. The molecule has 1 atom stereocenters. The molecular weight excluding hydrogens is 419 g/mol. The molecule has 2 N–H and O–H groups in total. The van der Waals surface area contributed by atoms with Gasteiger partial charge in [-0.25, -0.2) is 4.99 Å². The van der Waals surface area contributed by atoms with Crippen molar-refractivity contribution in [2.45, 2.75) is 64.6 Å². The monoisotopic (exact) mass is 446 g/mol. The molecule has 2 rings (SSSR count). The topological polar surface area (TPSA) is 79.6 Å². The summed E-state index contributed by atoms with van der Waals surface area (Å²) in [7, 11) is 0. The highest BCUT2D eigenvalue weighted by Crippen LogP contribution is 2.17. The minimum Gasteiger partial charge on any atom is -0.354 e. The Morgan fingerprint density at radius 1 is 1.33 bits per heavy atom. The van der Waals surface area contributed by atoms with Crippen LogP contribution in [-0.4, -0.2) is 23.0 Å². The molecule has 134 valence electrons. The molecule has 0 bridgehead atoms. The molecule has 1 aromatic rings. The second kappa shape index (κ2) is 10.5. The lowest BCUT2D eigenvalue weighted by Crippen LogP contribution is -2.45. The standard InChI is InChI=1S/C17H26N4O2.HI/c1-3-13(2)19-17(20-15-6-4-5-7-15)18-12-14-8-10-16(11-9-14)21(22)23;/h8-11,13,15H,3-7,12H2,1-2H3,(H2,18,19,20);1H. The summed E-state index contributed by atoms with van der Waals surface area (Å²) < 4.78 is 0. The van der Waals surface area contributed by atoms with Crippen LogP contribution < -0.4 is 10.6 Å². The third kappa shape index (κ3) is 6.62. The highest BCUT2D eigenvalue weighted by molar-refractivity contribution is 14.0. The molecule has 1 fully saturated rings. The number of nitro groups is 1. The van der Waals surface area contributed by atoms with Crippen LogP contribution in [0.4, 0.5) is 5.69 Å². The van der Waals surface area contributed by atoms with Crippen molar-refractivity contribution in [1.82, 2.24) is 10.6 Å². The average Bonchev–Trinajstić information content (AvgIpc) is 3.05. The van der Waals surface area contributed by atoms with E-state index in [0.29, 0.717) is 18.6 Å². The minimum atomic E-state index is -0.384. The number of non-ortho nitro benzene ring substituents is 1. The fourth-order valence-corrected chi connectivity index (χ4v) is 2.63. The molecule has 0 aliphatic heterocycles. The largest absolute Gasteiger partial charge is 0.354 e. The summed E-state index contributed by atoms with van der Waals surface area (Å²) >= 11 is 0. The molecule has 7 heteroatoms. The predicted octanol–water partition coefficient (Wildman–Crippen LogP) is 3.99. The van der Waals surface area contributed by atoms with Crippen molar-refractivity contribution in [3.63, 3.8) is 0 Å². The second-order valence-electron chi connectivity index (χ2n) is 6.17. The molecule has 0 aromatic heterocycles. The summed E-state index contributed by atoms with van der Waals surface area (Å²) in [5.74, 6) is 0.838. The molecule has 0 saturated heterocycles. The lowest BCUT2D eigenvalue weighted by molar-refractivity contribution is -0.384. The molecule has 0 spiro atoms. The molecule has 24 heavy (non-hydrogen) atoms. The lowest BCUT2D eigenvalue weighted by atomic mass is 10.2. The molecule has 1 saturated carbocycles. The first-order valence-electron chi connectivity index (χ1n) is 8.39. The van der Waals surface area contributed by atoms with Crippen molar-refractivity contribution in [3.05, 3.63) is 39.9 Å². The van der Waals surface area contributed by atoms with Gasteiger partial charge in [0.1, 0.15) is 0 Å². The summed E-state index contributed by atoms with van der Waals surface area (Å²) in [5, 5.41) is 17.6. The van der Waals surface area contributed by atoms with E-state index in [-0.39, 0.29) is 34.6 Å². The zero-order valence-corrected chi connectivity index (χ0v) is 16.7. The summed E-state index contributed by atoms with van der Waals surface area (Å²) in [5.41, 5.74) is 1.08. The van der Waals surface area contributed by atoms with Crippen LogP contribution in [0.3, 0.4) is 0 Å². The van der Waals surface area contributed by atoms with Gasteiger partial charge in [0.15, 0.2) is 5.96 Å². The number of nitrogens with zero attached hydrogens (tertiary/aromatic N) is 2. The van der Waals surface area contributed by atoms with E-state index in [2.05, 4.69) is 29.5 Å². The molecular formula is C17H27IN4O2. The van der Waals surface area contributed by atoms with E-state index >= 15 is 0 Å². The van der Waals surface area contributed by atoms with Gasteiger partial charge in [0.05, 0.1) is 11.5 Å². The Morgan fingerprint density at radius 2 is 1.96 bits per heavy atom. The van der Waals surface area contributed by atoms with Crippen LogP contribution >= 0.6 is 24.0 Å². The number of benzene rings is 1.